The number of anilines is 2. The van der Waals surface area contributed by atoms with E-state index in [1.165, 1.54) is 24.3 Å². The van der Waals surface area contributed by atoms with Gasteiger partial charge in [-0.3, -0.25) is 9.69 Å². The molecule has 1 amide bonds. The summed E-state index contributed by atoms with van der Waals surface area (Å²) < 4.78 is 39.6. The van der Waals surface area contributed by atoms with Gasteiger partial charge in [-0.05, 0) is 67.1 Å². The van der Waals surface area contributed by atoms with E-state index >= 15 is 0 Å². The first-order chi connectivity index (χ1) is 11.9. The Balaban J connectivity index is 2.15. The molecule has 0 heterocycles. The van der Waals surface area contributed by atoms with Crippen LogP contribution < -0.4 is 4.90 Å². The van der Waals surface area contributed by atoms with Gasteiger partial charge in [0.05, 0.1) is 17.3 Å². The standard InChI is InChI=1S/C19H15F3N2O/c20-19(21,22)18(25)24(15-10-8-13(12-23)9-11-15)17-7-3-5-14-4-1-2-6-16(14)17/h3,5,7-11H,1-2,4,6H2. The quantitative estimate of drug-likeness (QED) is 0.795. The fraction of sp³-hybridized carbons (Fsp3) is 0.263. The normalized spacial score (nSPS) is 13.7. The average Bonchev–Trinajstić information content (AvgIpc) is 2.62. The molecule has 0 aromatic heterocycles. The number of rotatable bonds is 2. The molecule has 1 aliphatic carbocycles. The molecule has 128 valence electrons. The van der Waals surface area contributed by atoms with E-state index in [0.29, 0.717) is 16.9 Å². The van der Waals surface area contributed by atoms with E-state index in [2.05, 4.69) is 0 Å². The number of halogens is 3. The van der Waals surface area contributed by atoms with Crippen molar-refractivity contribution in [3.63, 3.8) is 0 Å². The number of hydrogen-bond donors (Lipinski definition) is 0. The zero-order valence-electron chi connectivity index (χ0n) is 13.3. The lowest BCUT2D eigenvalue weighted by Gasteiger charge is -2.29. The maximum absolute atomic E-state index is 13.2. The van der Waals surface area contributed by atoms with Crippen molar-refractivity contribution in [3.8, 4) is 6.07 Å². The predicted molar refractivity (Wildman–Crippen MR) is 87.4 cm³/mol. The summed E-state index contributed by atoms with van der Waals surface area (Å²) in [6.45, 7) is 0. The second-order valence-corrected chi connectivity index (χ2v) is 5.92. The summed E-state index contributed by atoms with van der Waals surface area (Å²) in [4.78, 5) is 12.9. The molecule has 25 heavy (non-hydrogen) atoms. The Kier molecular flexibility index (Phi) is 4.49. The van der Waals surface area contributed by atoms with Gasteiger partial charge in [-0.1, -0.05) is 12.1 Å². The van der Waals surface area contributed by atoms with Crippen molar-refractivity contribution in [1.82, 2.24) is 0 Å². The van der Waals surface area contributed by atoms with Crippen molar-refractivity contribution in [3.05, 3.63) is 59.2 Å². The lowest BCUT2D eigenvalue weighted by atomic mass is 9.90. The summed E-state index contributed by atoms with van der Waals surface area (Å²) in [5.74, 6) is -1.93. The molecule has 0 spiro atoms. The van der Waals surface area contributed by atoms with Crippen LogP contribution in [0.5, 0.6) is 0 Å². The van der Waals surface area contributed by atoms with Crippen molar-refractivity contribution in [2.45, 2.75) is 31.9 Å². The van der Waals surface area contributed by atoms with Gasteiger partial charge in [0.15, 0.2) is 0 Å². The Labute approximate surface area is 143 Å². The molecule has 0 atom stereocenters. The van der Waals surface area contributed by atoms with Crippen LogP contribution in [0, 0.1) is 11.3 Å². The Morgan fingerprint density at radius 1 is 1.04 bits per heavy atom. The van der Waals surface area contributed by atoms with Crippen molar-refractivity contribution in [2.75, 3.05) is 4.90 Å². The number of hydrogen-bond acceptors (Lipinski definition) is 2. The Morgan fingerprint density at radius 2 is 1.72 bits per heavy atom. The third-order valence-corrected chi connectivity index (χ3v) is 4.31. The van der Waals surface area contributed by atoms with E-state index in [0.717, 1.165) is 30.4 Å². The minimum atomic E-state index is -4.99. The number of amides is 1. The summed E-state index contributed by atoms with van der Waals surface area (Å²) in [6.07, 6.45) is -1.69. The van der Waals surface area contributed by atoms with Crippen LogP contribution in [0.25, 0.3) is 0 Å². The predicted octanol–water partition coefficient (Wildman–Crippen LogP) is 4.66. The highest BCUT2D eigenvalue weighted by Crippen LogP contribution is 2.37. The summed E-state index contributed by atoms with van der Waals surface area (Å²) in [5.41, 5.74) is 2.45. The zero-order valence-corrected chi connectivity index (χ0v) is 13.3. The molecule has 0 N–H and O–H groups in total. The Bertz CT molecular complexity index is 835. The van der Waals surface area contributed by atoms with Crippen LogP contribution in [0.1, 0.15) is 29.5 Å². The van der Waals surface area contributed by atoms with Crippen molar-refractivity contribution >= 4 is 17.3 Å². The van der Waals surface area contributed by atoms with E-state index in [1.54, 1.807) is 12.1 Å². The van der Waals surface area contributed by atoms with Gasteiger partial charge in [0.1, 0.15) is 0 Å². The molecule has 3 rings (SSSR count). The maximum atomic E-state index is 13.2. The molecule has 3 nitrogen and oxygen atoms in total. The van der Waals surface area contributed by atoms with Gasteiger partial charge in [0.25, 0.3) is 0 Å². The van der Waals surface area contributed by atoms with Crippen LogP contribution in [-0.2, 0) is 17.6 Å². The number of nitrogens with zero attached hydrogens (tertiary/aromatic N) is 2. The van der Waals surface area contributed by atoms with Crippen LogP contribution in [0.3, 0.4) is 0 Å². The molecule has 0 unspecified atom stereocenters. The third kappa shape index (κ3) is 3.36. The number of aryl methyl sites for hydroxylation is 1. The summed E-state index contributed by atoms with van der Waals surface area (Å²) >= 11 is 0. The molecular weight excluding hydrogens is 329 g/mol. The van der Waals surface area contributed by atoms with E-state index < -0.39 is 12.1 Å². The van der Waals surface area contributed by atoms with Gasteiger partial charge in [-0.15, -0.1) is 0 Å². The first-order valence-electron chi connectivity index (χ1n) is 7.94. The summed E-state index contributed by atoms with van der Waals surface area (Å²) in [7, 11) is 0. The van der Waals surface area contributed by atoms with Gasteiger partial charge in [-0.2, -0.15) is 18.4 Å². The van der Waals surface area contributed by atoms with Crippen molar-refractivity contribution in [2.24, 2.45) is 0 Å². The first-order valence-corrected chi connectivity index (χ1v) is 7.94. The number of alkyl halides is 3. The minimum absolute atomic E-state index is 0.0975. The molecule has 0 aliphatic heterocycles. The molecule has 2 aromatic rings. The fourth-order valence-electron chi connectivity index (χ4n) is 3.15. The Morgan fingerprint density at radius 3 is 2.36 bits per heavy atom. The number of carbonyl (C=O) groups excluding carboxylic acids is 1. The van der Waals surface area contributed by atoms with Crippen LogP contribution in [0.4, 0.5) is 24.5 Å². The monoisotopic (exact) mass is 344 g/mol. The zero-order chi connectivity index (χ0) is 18.0. The number of nitriles is 1. The number of carbonyl (C=O) groups is 1. The molecule has 0 fully saturated rings. The van der Waals surface area contributed by atoms with Crippen LogP contribution in [0.2, 0.25) is 0 Å². The van der Waals surface area contributed by atoms with Crippen LogP contribution in [-0.4, -0.2) is 12.1 Å². The minimum Gasteiger partial charge on any atom is -0.273 e. The molecule has 0 bridgehead atoms. The lowest BCUT2D eigenvalue weighted by Crippen LogP contribution is -2.38. The molecule has 0 saturated carbocycles. The van der Waals surface area contributed by atoms with Gasteiger partial charge in [0.2, 0.25) is 0 Å². The molecule has 0 radical (unpaired) electrons. The lowest BCUT2D eigenvalue weighted by molar-refractivity contribution is -0.169. The molecule has 6 heteroatoms. The topological polar surface area (TPSA) is 44.1 Å². The Hall–Kier alpha value is -2.81. The summed E-state index contributed by atoms with van der Waals surface area (Å²) in [5, 5.41) is 8.87. The second kappa shape index (κ2) is 6.60. The third-order valence-electron chi connectivity index (χ3n) is 4.31. The SMILES string of the molecule is N#Cc1ccc(N(C(=O)C(F)(F)F)c2cccc3c2CCCC3)cc1. The number of benzene rings is 2. The highest BCUT2D eigenvalue weighted by Gasteiger charge is 2.44. The van der Waals surface area contributed by atoms with Crippen LogP contribution in [0.15, 0.2) is 42.5 Å². The largest absolute Gasteiger partial charge is 0.472 e. The molecular formula is C19H15F3N2O. The van der Waals surface area contributed by atoms with Gasteiger partial charge < -0.3 is 0 Å². The number of fused-ring (bicyclic) bond motifs is 1. The molecule has 2 aromatic carbocycles. The maximum Gasteiger partial charge on any atom is 0.472 e. The smallest absolute Gasteiger partial charge is 0.273 e. The molecule has 1 aliphatic rings. The highest BCUT2D eigenvalue weighted by molar-refractivity contribution is 6.04. The molecule has 0 saturated heterocycles. The fourth-order valence-corrected chi connectivity index (χ4v) is 3.15. The second-order valence-electron chi connectivity index (χ2n) is 5.92. The van der Waals surface area contributed by atoms with Crippen LogP contribution >= 0.6 is 0 Å². The van der Waals surface area contributed by atoms with E-state index in [1.807, 2.05) is 12.1 Å². The van der Waals surface area contributed by atoms with E-state index in [-0.39, 0.29) is 11.4 Å². The van der Waals surface area contributed by atoms with Gasteiger partial charge >= 0.3 is 12.1 Å². The van der Waals surface area contributed by atoms with Crippen molar-refractivity contribution < 1.29 is 18.0 Å². The summed E-state index contributed by atoms with van der Waals surface area (Å²) in [6, 6.07) is 12.6. The van der Waals surface area contributed by atoms with Gasteiger partial charge in [-0.25, -0.2) is 0 Å². The van der Waals surface area contributed by atoms with Crippen molar-refractivity contribution in [1.29, 1.82) is 5.26 Å². The van der Waals surface area contributed by atoms with E-state index in [9.17, 15) is 18.0 Å². The highest BCUT2D eigenvalue weighted by atomic mass is 19.4. The van der Waals surface area contributed by atoms with E-state index in [4.69, 9.17) is 5.26 Å². The first kappa shape index (κ1) is 17.0. The van der Waals surface area contributed by atoms with Gasteiger partial charge in [0, 0.05) is 5.69 Å². The average molecular weight is 344 g/mol.